The van der Waals surface area contributed by atoms with Crippen LogP contribution in [0.25, 0.3) is 0 Å². The van der Waals surface area contributed by atoms with Gasteiger partial charge in [0.05, 0.1) is 24.9 Å². The van der Waals surface area contributed by atoms with E-state index in [0.29, 0.717) is 32.8 Å². The van der Waals surface area contributed by atoms with E-state index < -0.39 is 0 Å². The fourth-order valence-electron chi connectivity index (χ4n) is 2.16. The Morgan fingerprint density at radius 1 is 1.00 bits per heavy atom. The van der Waals surface area contributed by atoms with E-state index in [0.717, 1.165) is 0 Å². The van der Waals surface area contributed by atoms with Crippen molar-refractivity contribution in [2.75, 3.05) is 26.1 Å². The molecule has 2 amide bonds. The molecule has 0 unspecified atom stereocenters. The van der Waals surface area contributed by atoms with Crippen LogP contribution in [-0.2, 0) is 4.79 Å². The maximum Gasteiger partial charge on any atom is 0.251 e. The fourth-order valence-corrected chi connectivity index (χ4v) is 2.52. The van der Waals surface area contributed by atoms with Gasteiger partial charge in [0.15, 0.2) is 0 Å². The van der Waals surface area contributed by atoms with Gasteiger partial charge in [0.25, 0.3) is 5.91 Å². The zero-order chi connectivity index (χ0) is 19.1. The van der Waals surface area contributed by atoms with E-state index >= 15 is 0 Å². The average Bonchev–Trinajstić information content (AvgIpc) is 2.63. The molecular weight excluding hydrogens is 379 g/mol. The van der Waals surface area contributed by atoms with Gasteiger partial charge >= 0.3 is 0 Å². The molecule has 26 heavy (non-hydrogen) atoms. The van der Waals surface area contributed by atoms with E-state index in [-0.39, 0.29) is 24.8 Å². The number of hydrogen-bond donors (Lipinski definition) is 2. The van der Waals surface area contributed by atoms with Crippen molar-refractivity contribution in [2.24, 2.45) is 0 Å². The highest BCUT2D eigenvalue weighted by Crippen LogP contribution is 2.35. The van der Waals surface area contributed by atoms with Crippen molar-refractivity contribution in [3.63, 3.8) is 0 Å². The van der Waals surface area contributed by atoms with E-state index in [1.807, 2.05) is 0 Å². The second kappa shape index (κ2) is 9.31. The third kappa shape index (κ3) is 5.28. The highest BCUT2D eigenvalue weighted by atomic mass is 35.5. The van der Waals surface area contributed by atoms with Crippen LogP contribution in [0.5, 0.6) is 11.5 Å². The number of anilines is 1. The van der Waals surface area contributed by atoms with Crippen LogP contribution in [0.2, 0.25) is 10.0 Å². The lowest BCUT2D eigenvalue weighted by Crippen LogP contribution is -2.27. The summed E-state index contributed by atoms with van der Waals surface area (Å²) in [5.41, 5.74) is 0.904. The SMILES string of the molecule is COc1cc(NC(=O)CCNC(=O)c2ccc(Cl)cc2)c(OC)cc1Cl. The summed E-state index contributed by atoms with van der Waals surface area (Å²) in [6.45, 7) is 0.181. The quantitative estimate of drug-likeness (QED) is 0.746. The topological polar surface area (TPSA) is 76.7 Å². The van der Waals surface area contributed by atoms with Crippen molar-refractivity contribution < 1.29 is 19.1 Å². The maximum absolute atomic E-state index is 12.1. The summed E-state index contributed by atoms with van der Waals surface area (Å²) >= 11 is 11.8. The third-order valence-corrected chi connectivity index (χ3v) is 4.04. The van der Waals surface area contributed by atoms with E-state index in [2.05, 4.69) is 10.6 Å². The normalized spacial score (nSPS) is 10.2. The summed E-state index contributed by atoms with van der Waals surface area (Å²) < 4.78 is 10.3. The highest BCUT2D eigenvalue weighted by Gasteiger charge is 2.13. The summed E-state index contributed by atoms with van der Waals surface area (Å²) in [4.78, 5) is 24.1. The third-order valence-electron chi connectivity index (χ3n) is 3.49. The molecule has 0 heterocycles. The Labute approximate surface area is 161 Å². The molecule has 0 aromatic heterocycles. The molecule has 2 rings (SSSR count). The van der Waals surface area contributed by atoms with Gasteiger partial charge in [0.2, 0.25) is 5.91 Å². The smallest absolute Gasteiger partial charge is 0.251 e. The molecule has 2 aromatic carbocycles. The first kappa shape index (κ1) is 19.9. The molecule has 0 fully saturated rings. The van der Waals surface area contributed by atoms with Crippen molar-refractivity contribution in [1.29, 1.82) is 0 Å². The van der Waals surface area contributed by atoms with Crippen LogP contribution in [0, 0.1) is 0 Å². The second-order valence-corrected chi connectivity index (χ2v) is 6.09. The van der Waals surface area contributed by atoms with Crippen molar-refractivity contribution in [3.05, 3.63) is 52.0 Å². The molecule has 0 aliphatic rings. The molecule has 6 nitrogen and oxygen atoms in total. The number of amides is 2. The van der Waals surface area contributed by atoms with Gasteiger partial charge in [0, 0.05) is 35.7 Å². The minimum atomic E-state index is -0.288. The zero-order valence-corrected chi connectivity index (χ0v) is 15.8. The number of nitrogens with one attached hydrogen (secondary N) is 2. The van der Waals surface area contributed by atoms with Gasteiger partial charge in [-0.1, -0.05) is 23.2 Å². The Hall–Kier alpha value is -2.44. The second-order valence-electron chi connectivity index (χ2n) is 5.25. The predicted molar refractivity (Wildman–Crippen MR) is 102 cm³/mol. The Balaban J connectivity index is 1.91. The van der Waals surface area contributed by atoms with Crippen molar-refractivity contribution in [1.82, 2.24) is 5.32 Å². The lowest BCUT2D eigenvalue weighted by atomic mass is 10.2. The van der Waals surface area contributed by atoms with Gasteiger partial charge in [0.1, 0.15) is 11.5 Å². The number of halogens is 2. The molecule has 0 aliphatic carbocycles. The van der Waals surface area contributed by atoms with E-state index in [1.54, 1.807) is 36.4 Å². The largest absolute Gasteiger partial charge is 0.495 e. The predicted octanol–water partition coefficient (Wildman–Crippen LogP) is 3.77. The lowest BCUT2D eigenvalue weighted by molar-refractivity contribution is -0.116. The van der Waals surface area contributed by atoms with Crippen molar-refractivity contribution in [2.45, 2.75) is 6.42 Å². The van der Waals surface area contributed by atoms with Crippen LogP contribution < -0.4 is 20.1 Å². The molecule has 0 spiro atoms. The molecule has 0 saturated carbocycles. The summed E-state index contributed by atoms with van der Waals surface area (Å²) in [5, 5.41) is 6.31. The molecule has 2 aromatic rings. The van der Waals surface area contributed by atoms with Crippen LogP contribution >= 0.6 is 23.2 Å². The number of methoxy groups -OCH3 is 2. The van der Waals surface area contributed by atoms with Gasteiger partial charge in [-0.05, 0) is 24.3 Å². The standard InChI is InChI=1S/C18H18Cl2N2O4/c1-25-15-10-14(16(26-2)9-13(15)20)22-17(23)7-8-21-18(24)11-3-5-12(19)6-4-11/h3-6,9-10H,7-8H2,1-2H3,(H,21,24)(H,22,23). The van der Waals surface area contributed by atoms with Crippen LogP contribution in [0.15, 0.2) is 36.4 Å². The average molecular weight is 397 g/mol. The Bertz CT molecular complexity index is 795. The summed E-state index contributed by atoms with van der Waals surface area (Å²) in [7, 11) is 2.95. The lowest BCUT2D eigenvalue weighted by Gasteiger charge is -2.13. The molecule has 8 heteroatoms. The van der Waals surface area contributed by atoms with E-state index in [9.17, 15) is 9.59 Å². The Morgan fingerprint density at radius 3 is 2.27 bits per heavy atom. The number of hydrogen-bond acceptors (Lipinski definition) is 4. The number of carbonyl (C=O) groups is 2. The Kier molecular flexibility index (Phi) is 7.12. The van der Waals surface area contributed by atoms with E-state index in [1.165, 1.54) is 14.2 Å². The minimum absolute atomic E-state index is 0.0907. The minimum Gasteiger partial charge on any atom is -0.495 e. The van der Waals surface area contributed by atoms with Gasteiger partial charge in [-0.15, -0.1) is 0 Å². The molecule has 0 atom stereocenters. The zero-order valence-electron chi connectivity index (χ0n) is 14.3. The fraction of sp³-hybridized carbons (Fsp3) is 0.222. The van der Waals surface area contributed by atoms with Crippen LogP contribution in [-0.4, -0.2) is 32.6 Å². The summed E-state index contributed by atoms with van der Waals surface area (Å²) in [6.07, 6.45) is 0.0907. The first-order valence-electron chi connectivity index (χ1n) is 7.69. The number of ether oxygens (including phenoxy) is 2. The first-order valence-corrected chi connectivity index (χ1v) is 8.45. The molecular formula is C18H18Cl2N2O4. The van der Waals surface area contributed by atoms with Gasteiger partial charge in [-0.3, -0.25) is 9.59 Å². The van der Waals surface area contributed by atoms with Crippen molar-refractivity contribution in [3.8, 4) is 11.5 Å². The Morgan fingerprint density at radius 2 is 1.65 bits per heavy atom. The van der Waals surface area contributed by atoms with Crippen LogP contribution in [0.1, 0.15) is 16.8 Å². The number of carbonyl (C=O) groups excluding carboxylic acids is 2. The van der Waals surface area contributed by atoms with Gasteiger partial charge in [-0.2, -0.15) is 0 Å². The van der Waals surface area contributed by atoms with Crippen LogP contribution in [0.3, 0.4) is 0 Å². The molecule has 0 saturated heterocycles. The van der Waals surface area contributed by atoms with Crippen molar-refractivity contribution >= 4 is 40.7 Å². The molecule has 0 radical (unpaired) electrons. The number of rotatable bonds is 7. The van der Waals surface area contributed by atoms with E-state index in [4.69, 9.17) is 32.7 Å². The van der Waals surface area contributed by atoms with Crippen LogP contribution in [0.4, 0.5) is 5.69 Å². The first-order chi connectivity index (χ1) is 12.4. The number of benzene rings is 2. The van der Waals surface area contributed by atoms with Gasteiger partial charge in [-0.25, -0.2) is 0 Å². The summed E-state index contributed by atoms with van der Waals surface area (Å²) in [5.74, 6) is 0.262. The molecule has 0 aliphatic heterocycles. The van der Waals surface area contributed by atoms with Gasteiger partial charge < -0.3 is 20.1 Å². The maximum atomic E-state index is 12.1. The monoisotopic (exact) mass is 396 g/mol. The molecule has 2 N–H and O–H groups in total. The molecule has 0 bridgehead atoms. The summed E-state index contributed by atoms with van der Waals surface area (Å²) in [6, 6.07) is 9.61. The highest BCUT2D eigenvalue weighted by molar-refractivity contribution is 6.32. The molecule has 138 valence electrons.